The van der Waals surface area contributed by atoms with Crippen LogP contribution in [0.25, 0.3) is 0 Å². The summed E-state index contributed by atoms with van der Waals surface area (Å²) in [6, 6.07) is 9.44. The Morgan fingerprint density at radius 1 is 1.06 bits per heavy atom. The van der Waals surface area contributed by atoms with Gasteiger partial charge in [0.25, 0.3) is 10.0 Å². The van der Waals surface area contributed by atoms with E-state index in [2.05, 4.69) is 15.4 Å². The zero-order chi connectivity index (χ0) is 22.6. The van der Waals surface area contributed by atoms with Gasteiger partial charge >= 0.3 is 0 Å². The molecule has 3 rings (SSSR count). The number of hydrogen-bond donors (Lipinski definition) is 0. The van der Waals surface area contributed by atoms with Crippen molar-refractivity contribution in [3.05, 3.63) is 53.4 Å². The first-order valence-electron chi connectivity index (χ1n) is 9.77. The number of nitrogens with zero attached hydrogens (tertiary/aromatic N) is 4. The molecule has 0 aliphatic rings. The van der Waals surface area contributed by atoms with Gasteiger partial charge in [-0.2, -0.15) is 0 Å². The van der Waals surface area contributed by atoms with Gasteiger partial charge in [0.2, 0.25) is 5.88 Å². The van der Waals surface area contributed by atoms with E-state index >= 15 is 0 Å². The van der Waals surface area contributed by atoms with E-state index < -0.39 is 10.0 Å². The van der Waals surface area contributed by atoms with Crippen LogP contribution in [0.5, 0.6) is 11.6 Å². The van der Waals surface area contributed by atoms with Gasteiger partial charge in [0.05, 0.1) is 23.3 Å². The van der Waals surface area contributed by atoms with E-state index in [0.717, 1.165) is 11.3 Å². The summed E-state index contributed by atoms with van der Waals surface area (Å²) in [7, 11) is -2.37. The van der Waals surface area contributed by atoms with E-state index in [1.54, 1.807) is 24.3 Å². The fourth-order valence-corrected chi connectivity index (χ4v) is 4.47. The molecule has 0 aliphatic carbocycles. The number of sulfonamides is 1. The Labute approximate surface area is 182 Å². The van der Waals surface area contributed by atoms with Gasteiger partial charge in [0.15, 0.2) is 5.82 Å². The molecule has 0 spiro atoms. The van der Waals surface area contributed by atoms with Gasteiger partial charge < -0.3 is 14.0 Å². The summed E-state index contributed by atoms with van der Waals surface area (Å²) >= 11 is 0. The van der Waals surface area contributed by atoms with Gasteiger partial charge in [-0.1, -0.05) is 19.0 Å². The maximum absolute atomic E-state index is 13.3. The van der Waals surface area contributed by atoms with Crippen molar-refractivity contribution in [3.8, 4) is 11.6 Å². The van der Waals surface area contributed by atoms with E-state index in [-0.39, 0.29) is 29.8 Å². The molecular weight excluding hydrogens is 420 g/mol. The van der Waals surface area contributed by atoms with E-state index in [1.165, 1.54) is 23.5 Å². The van der Waals surface area contributed by atoms with E-state index in [9.17, 15) is 8.42 Å². The van der Waals surface area contributed by atoms with Crippen LogP contribution < -0.4 is 13.8 Å². The largest absolute Gasteiger partial charge is 0.489 e. The van der Waals surface area contributed by atoms with Crippen LogP contribution >= 0.6 is 0 Å². The number of ether oxygens (including phenoxy) is 2. The minimum Gasteiger partial charge on any atom is -0.489 e. The zero-order valence-corrected chi connectivity index (χ0v) is 19.0. The molecule has 31 heavy (non-hydrogen) atoms. The Morgan fingerprint density at radius 2 is 1.77 bits per heavy atom. The van der Waals surface area contributed by atoms with Crippen LogP contribution in [0, 0.1) is 19.8 Å². The number of aryl methyl sites for hydroxylation is 2. The lowest BCUT2D eigenvalue weighted by Crippen LogP contribution is -2.35. The molecule has 0 saturated heterocycles. The van der Waals surface area contributed by atoms with Crippen molar-refractivity contribution >= 4 is 15.8 Å². The highest BCUT2D eigenvalue weighted by Crippen LogP contribution is 2.26. The summed E-state index contributed by atoms with van der Waals surface area (Å²) in [5, 5.41) is 11.8. The number of anilines is 1. The summed E-state index contributed by atoms with van der Waals surface area (Å²) in [6.45, 7) is 8.08. The predicted octanol–water partition coefficient (Wildman–Crippen LogP) is 3.52. The highest BCUT2D eigenvalue weighted by Gasteiger charge is 2.27. The van der Waals surface area contributed by atoms with Gasteiger partial charge in [-0.3, -0.25) is 0 Å². The molecule has 2 heterocycles. The van der Waals surface area contributed by atoms with Crippen molar-refractivity contribution in [3.63, 3.8) is 0 Å². The molecule has 0 fully saturated rings. The highest BCUT2D eigenvalue weighted by molar-refractivity contribution is 7.92. The lowest BCUT2D eigenvalue weighted by atomic mass is 10.2. The molecule has 0 atom stereocenters. The Hall–Kier alpha value is -3.14. The number of methoxy groups -OCH3 is 1. The van der Waals surface area contributed by atoms with Crippen LogP contribution in [0.1, 0.15) is 30.9 Å². The summed E-state index contributed by atoms with van der Waals surface area (Å²) in [5.74, 6) is 1.86. The first kappa shape index (κ1) is 22.5. The summed E-state index contributed by atoms with van der Waals surface area (Å²) in [5.41, 5.74) is 1.64. The fourth-order valence-electron chi connectivity index (χ4n) is 2.90. The third kappa shape index (κ3) is 5.13. The van der Waals surface area contributed by atoms with Crippen molar-refractivity contribution in [2.45, 2.75) is 39.2 Å². The lowest BCUT2D eigenvalue weighted by molar-refractivity contribution is 0.301. The summed E-state index contributed by atoms with van der Waals surface area (Å²) < 4.78 is 43.8. The molecule has 2 aromatic heterocycles. The Bertz CT molecular complexity index is 1090. The fraction of sp³-hybridized carbons (Fsp3) is 0.381. The minimum absolute atomic E-state index is 0.0799. The van der Waals surface area contributed by atoms with Gasteiger partial charge in [0.1, 0.15) is 18.1 Å². The molecular formula is C21H26N4O5S. The molecule has 0 bridgehead atoms. The van der Waals surface area contributed by atoms with E-state index in [1.807, 2.05) is 27.7 Å². The topological polar surface area (TPSA) is 108 Å². The summed E-state index contributed by atoms with van der Waals surface area (Å²) in [4.78, 5) is 0.135. The average molecular weight is 447 g/mol. The molecule has 9 nitrogen and oxygen atoms in total. The molecule has 0 saturated carbocycles. The molecule has 0 unspecified atom stereocenters. The third-order valence-electron chi connectivity index (χ3n) is 4.60. The van der Waals surface area contributed by atoms with Crippen molar-refractivity contribution in [1.82, 2.24) is 15.4 Å². The van der Waals surface area contributed by atoms with Crippen molar-refractivity contribution < 1.29 is 22.4 Å². The minimum atomic E-state index is -3.85. The molecule has 3 aromatic rings. The molecule has 0 radical (unpaired) electrons. The quantitative estimate of drug-likeness (QED) is 0.491. The van der Waals surface area contributed by atoms with Crippen LogP contribution in [0.4, 0.5) is 5.82 Å². The second kappa shape index (κ2) is 9.34. The monoisotopic (exact) mass is 446 g/mol. The SMILES string of the molecule is COc1ccc(N(CC(C)C)S(=O)(=O)c2ccc(OCc3c(C)noc3C)cc2)nn1. The standard InChI is InChI=1S/C21H26N4O5S/c1-14(2)12-25(20-10-11-21(28-5)23-22-20)31(26,27)18-8-6-17(7-9-18)29-13-19-15(3)24-30-16(19)4/h6-11,14H,12-13H2,1-5H3. The first-order chi connectivity index (χ1) is 14.7. The Balaban J connectivity index is 1.82. The zero-order valence-electron chi connectivity index (χ0n) is 18.2. The molecule has 10 heteroatoms. The van der Waals surface area contributed by atoms with E-state index in [4.69, 9.17) is 14.0 Å². The number of rotatable bonds is 9. The number of hydrogen-bond acceptors (Lipinski definition) is 8. The molecule has 1 aromatic carbocycles. The maximum Gasteiger partial charge on any atom is 0.265 e. The van der Waals surface area contributed by atoms with Gasteiger partial charge in [0, 0.05) is 12.6 Å². The van der Waals surface area contributed by atoms with Gasteiger partial charge in [-0.25, -0.2) is 12.7 Å². The van der Waals surface area contributed by atoms with Crippen LogP contribution in [0.15, 0.2) is 45.8 Å². The Morgan fingerprint density at radius 3 is 2.29 bits per heavy atom. The van der Waals surface area contributed by atoms with Crippen LogP contribution in [-0.4, -0.2) is 37.4 Å². The van der Waals surface area contributed by atoms with Crippen molar-refractivity contribution in [2.24, 2.45) is 5.92 Å². The molecule has 0 aliphatic heterocycles. The normalized spacial score (nSPS) is 11.5. The second-order valence-electron chi connectivity index (χ2n) is 7.43. The average Bonchev–Trinajstić information content (AvgIpc) is 3.08. The lowest BCUT2D eigenvalue weighted by Gasteiger charge is -2.24. The van der Waals surface area contributed by atoms with Gasteiger partial charge in [-0.15, -0.1) is 10.2 Å². The maximum atomic E-state index is 13.3. The van der Waals surface area contributed by atoms with Crippen LogP contribution in [-0.2, 0) is 16.6 Å². The highest BCUT2D eigenvalue weighted by atomic mass is 32.2. The molecule has 0 N–H and O–H groups in total. The summed E-state index contributed by atoms with van der Waals surface area (Å²) in [6.07, 6.45) is 0. The third-order valence-corrected chi connectivity index (χ3v) is 6.38. The van der Waals surface area contributed by atoms with Crippen molar-refractivity contribution in [1.29, 1.82) is 0 Å². The Kier molecular flexibility index (Phi) is 6.79. The predicted molar refractivity (Wildman–Crippen MR) is 115 cm³/mol. The van der Waals surface area contributed by atoms with E-state index in [0.29, 0.717) is 17.4 Å². The number of aromatic nitrogens is 3. The molecule has 166 valence electrons. The van der Waals surface area contributed by atoms with Crippen LogP contribution in [0.2, 0.25) is 0 Å². The smallest absolute Gasteiger partial charge is 0.265 e. The molecule has 0 amide bonds. The first-order valence-corrected chi connectivity index (χ1v) is 11.2. The van der Waals surface area contributed by atoms with Gasteiger partial charge in [-0.05, 0) is 50.1 Å². The second-order valence-corrected chi connectivity index (χ2v) is 9.29. The number of benzene rings is 1. The van der Waals surface area contributed by atoms with Crippen molar-refractivity contribution in [2.75, 3.05) is 18.0 Å². The van der Waals surface area contributed by atoms with Crippen LogP contribution in [0.3, 0.4) is 0 Å².